The van der Waals surface area contributed by atoms with Crippen LogP contribution >= 0.6 is 33.2 Å². The van der Waals surface area contributed by atoms with Gasteiger partial charge in [0.15, 0.2) is 0 Å². The van der Waals surface area contributed by atoms with Crippen molar-refractivity contribution in [1.29, 1.82) is 0 Å². The summed E-state index contributed by atoms with van der Waals surface area (Å²) in [5, 5.41) is 0. The van der Waals surface area contributed by atoms with Gasteiger partial charge < -0.3 is 4.74 Å². The molecule has 0 aromatic carbocycles. The van der Waals surface area contributed by atoms with Crippen LogP contribution < -0.4 is 0 Å². The van der Waals surface area contributed by atoms with Crippen LogP contribution in [0.15, 0.2) is 0 Å². The predicted octanol–water partition coefficient (Wildman–Crippen LogP) is 3.38. The fraction of sp³-hybridized carbons (Fsp3) is 0.857. The normalized spacial score (nSPS) is 11.4. The molecule has 0 aromatic rings. The van der Waals surface area contributed by atoms with Gasteiger partial charge in [-0.2, -0.15) is 0 Å². The quantitative estimate of drug-likeness (QED) is 0.318. The third kappa shape index (κ3) is 12.6. The molecule has 13 heavy (non-hydrogen) atoms. The molecule has 0 spiro atoms. The molecule has 0 heterocycles. The Bertz CT molecular complexity index is 158. The Morgan fingerprint density at radius 1 is 1.23 bits per heavy atom. The minimum atomic E-state index is -2.43. The SMILES string of the molecule is CC(=O)OCCCCC[Si](Cl)(Cl)Cl. The number of esters is 1. The second-order valence-electron chi connectivity index (χ2n) is 2.77. The van der Waals surface area contributed by atoms with E-state index >= 15 is 0 Å². The summed E-state index contributed by atoms with van der Waals surface area (Å²) < 4.78 is 4.75. The highest BCUT2D eigenvalue weighted by Gasteiger charge is 2.23. The van der Waals surface area contributed by atoms with E-state index in [0.717, 1.165) is 19.3 Å². The van der Waals surface area contributed by atoms with Gasteiger partial charge in [0, 0.05) is 6.92 Å². The topological polar surface area (TPSA) is 26.3 Å². The molecule has 0 aliphatic carbocycles. The van der Waals surface area contributed by atoms with Crippen LogP contribution in [0.2, 0.25) is 6.04 Å². The van der Waals surface area contributed by atoms with Crippen molar-refractivity contribution < 1.29 is 9.53 Å². The first-order chi connectivity index (χ1) is 5.92. The number of ether oxygens (including phenoxy) is 1. The van der Waals surface area contributed by atoms with Crippen molar-refractivity contribution in [3.63, 3.8) is 0 Å². The average Bonchev–Trinajstić information content (AvgIpc) is 1.93. The molecule has 0 aliphatic rings. The Morgan fingerprint density at radius 3 is 2.31 bits per heavy atom. The third-order valence-electron chi connectivity index (χ3n) is 1.41. The van der Waals surface area contributed by atoms with Crippen molar-refractivity contribution in [2.24, 2.45) is 0 Å². The molecule has 2 nitrogen and oxygen atoms in total. The third-order valence-corrected chi connectivity index (χ3v) is 4.03. The van der Waals surface area contributed by atoms with Crippen LogP contribution in [0.4, 0.5) is 0 Å². The molecule has 78 valence electrons. The summed E-state index contributed by atoms with van der Waals surface area (Å²) >= 11 is 17.0. The molecule has 6 heteroatoms. The van der Waals surface area contributed by atoms with Gasteiger partial charge in [0.05, 0.1) is 6.61 Å². The lowest BCUT2D eigenvalue weighted by molar-refractivity contribution is -0.141. The molecule has 0 unspecified atom stereocenters. The van der Waals surface area contributed by atoms with E-state index in [1.807, 2.05) is 0 Å². The van der Waals surface area contributed by atoms with Crippen molar-refractivity contribution in [1.82, 2.24) is 0 Å². The van der Waals surface area contributed by atoms with Crippen LogP contribution in [0.3, 0.4) is 0 Å². The number of rotatable bonds is 6. The molecular formula is C7H13Cl3O2Si. The van der Waals surface area contributed by atoms with Crippen molar-refractivity contribution >= 4 is 45.2 Å². The van der Waals surface area contributed by atoms with E-state index < -0.39 is 6.00 Å². The first-order valence-corrected chi connectivity index (χ1v) is 9.36. The van der Waals surface area contributed by atoms with Crippen molar-refractivity contribution in [2.75, 3.05) is 6.61 Å². The summed E-state index contributed by atoms with van der Waals surface area (Å²) in [6, 6.07) is -1.75. The van der Waals surface area contributed by atoms with Gasteiger partial charge in [0.2, 0.25) is 0 Å². The number of carbonyl (C=O) groups is 1. The van der Waals surface area contributed by atoms with Gasteiger partial charge >= 0.3 is 12.0 Å². The minimum Gasteiger partial charge on any atom is -0.466 e. The monoisotopic (exact) mass is 262 g/mol. The van der Waals surface area contributed by atoms with Crippen LogP contribution in [-0.2, 0) is 9.53 Å². The van der Waals surface area contributed by atoms with Gasteiger partial charge in [-0.05, 0) is 12.5 Å². The van der Waals surface area contributed by atoms with Crippen molar-refractivity contribution in [2.45, 2.75) is 32.2 Å². The molecule has 0 bridgehead atoms. The zero-order valence-corrected chi connectivity index (χ0v) is 10.8. The summed E-state index contributed by atoms with van der Waals surface area (Å²) in [5.74, 6) is -0.240. The van der Waals surface area contributed by atoms with Crippen LogP contribution in [0.1, 0.15) is 26.2 Å². The molecule has 0 aromatic heterocycles. The second-order valence-corrected chi connectivity index (χ2v) is 12.0. The molecule has 0 aliphatic heterocycles. The van der Waals surface area contributed by atoms with Gasteiger partial charge in [-0.3, -0.25) is 4.79 Å². The van der Waals surface area contributed by atoms with E-state index in [1.54, 1.807) is 0 Å². The second kappa shape index (κ2) is 6.93. The van der Waals surface area contributed by atoms with Gasteiger partial charge in [0.1, 0.15) is 0 Å². The highest BCUT2D eigenvalue weighted by molar-refractivity contribution is 7.64. The number of unbranched alkanes of at least 4 members (excludes halogenated alkanes) is 2. The van der Waals surface area contributed by atoms with Crippen LogP contribution in [-0.4, -0.2) is 18.6 Å². The molecule has 0 saturated carbocycles. The Labute approximate surface area is 93.6 Å². The Morgan fingerprint density at radius 2 is 1.85 bits per heavy atom. The summed E-state index contributed by atoms with van der Waals surface area (Å²) in [4.78, 5) is 10.4. The zero-order valence-electron chi connectivity index (χ0n) is 7.49. The van der Waals surface area contributed by atoms with Crippen molar-refractivity contribution in [3.05, 3.63) is 0 Å². The zero-order chi connectivity index (χ0) is 10.3. The van der Waals surface area contributed by atoms with Crippen LogP contribution in [0.5, 0.6) is 0 Å². The highest BCUT2D eigenvalue weighted by atomic mass is 35.8. The number of carbonyl (C=O) groups excluding carboxylic acids is 1. The first kappa shape index (κ1) is 13.6. The van der Waals surface area contributed by atoms with E-state index in [2.05, 4.69) is 0 Å². The molecule has 0 fully saturated rings. The van der Waals surface area contributed by atoms with E-state index in [9.17, 15) is 4.79 Å². The lowest BCUT2D eigenvalue weighted by Gasteiger charge is -2.06. The molecule has 0 atom stereocenters. The van der Waals surface area contributed by atoms with Gasteiger partial charge in [0.25, 0.3) is 0 Å². The lowest BCUT2D eigenvalue weighted by Crippen LogP contribution is -2.08. The Balaban J connectivity index is 3.13. The maximum Gasteiger partial charge on any atom is 0.341 e. The van der Waals surface area contributed by atoms with Crippen LogP contribution in [0, 0.1) is 0 Å². The molecular weight excluding hydrogens is 251 g/mol. The number of hydrogen-bond donors (Lipinski definition) is 0. The maximum absolute atomic E-state index is 10.4. The van der Waals surface area contributed by atoms with E-state index in [-0.39, 0.29) is 5.97 Å². The van der Waals surface area contributed by atoms with Gasteiger partial charge in [-0.15, -0.1) is 33.2 Å². The van der Waals surface area contributed by atoms with Gasteiger partial charge in [-0.1, -0.05) is 12.8 Å². The standard InChI is InChI=1S/C7H13Cl3O2Si/c1-7(11)12-5-3-2-4-6-13(8,9)10/h2-6H2,1H3. The molecule has 0 rings (SSSR count). The minimum absolute atomic E-state index is 0.240. The average molecular weight is 264 g/mol. The van der Waals surface area contributed by atoms with E-state index in [1.165, 1.54) is 6.92 Å². The summed E-state index contributed by atoms with van der Waals surface area (Å²) in [6.07, 6.45) is 2.67. The fourth-order valence-electron chi connectivity index (χ4n) is 0.820. The molecule has 0 N–H and O–H groups in total. The van der Waals surface area contributed by atoms with E-state index in [4.69, 9.17) is 38.0 Å². The fourth-order valence-corrected chi connectivity index (χ4v) is 2.67. The highest BCUT2D eigenvalue weighted by Crippen LogP contribution is 2.27. The molecule has 0 saturated heterocycles. The number of halogens is 3. The van der Waals surface area contributed by atoms with Crippen LogP contribution in [0.25, 0.3) is 0 Å². The first-order valence-electron chi connectivity index (χ1n) is 4.12. The maximum atomic E-state index is 10.4. The Hall–Kier alpha value is 0.557. The summed E-state index contributed by atoms with van der Waals surface area (Å²) in [5.41, 5.74) is 0. The van der Waals surface area contributed by atoms with Gasteiger partial charge in [-0.25, -0.2) is 0 Å². The summed E-state index contributed by atoms with van der Waals surface area (Å²) in [7, 11) is 0. The summed E-state index contributed by atoms with van der Waals surface area (Å²) in [6.45, 7) is 1.87. The molecule has 0 amide bonds. The number of hydrogen-bond acceptors (Lipinski definition) is 2. The molecule has 0 radical (unpaired) electrons. The largest absolute Gasteiger partial charge is 0.466 e. The van der Waals surface area contributed by atoms with Crippen molar-refractivity contribution in [3.8, 4) is 0 Å². The smallest absolute Gasteiger partial charge is 0.341 e. The predicted molar refractivity (Wildman–Crippen MR) is 58.6 cm³/mol. The van der Waals surface area contributed by atoms with E-state index in [0.29, 0.717) is 12.7 Å². The lowest BCUT2D eigenvalue weighted by atomic mass is 10.3. The Kier molecular flexibility index (Phi) is 7.23.